The molecule has 2 amide bonds. The molecule has 3 N–H and O–H groups in total. The summed E-state index contributed by atoms with van der Waals surface area (Å²) in [7, 11) is 0. The standard InChI is InChI=1S/C20H31N3O2S.C2H2O4/c1-4-9-22-10-12-23(13-11-22)20(25)18(8-14-26-3)21-19(24)17-7-5-6-16(2)15-17;3-1(4)2(5)6/h5-7,15,18H,4,8-14H2,1-3H3,(H,21,24);(H,3,4)(H,5,6). The number of nitrogens with zero attached hydrogens (tertiary/aromatic N) is 2. The summed E-state index contributed by atoms with van der Waals surface area (Å²) in [5.41, 5.74) is 1.65. The van der Waals surface area contributed by atoms with Crippen molar-refractivity contribution in [2.45, 2.75) is 32.7 Å². The van der Waals surface area contributed by atoms with Crippen molar-refractivity contribution in [2.24, 2.45) is 0 Å². The number of carbonyl (C=O) groups is 4. The van der Waals surface area contributed by atoms with Crippen LogP contribution in [0.1, 0.15) is 35.7 Å². The monoisotopic (exact) mass is 467 g/mol. The lowest BCUT2D eigenvalue weighted by Gasteiger charge is -2.36. The molecule has 0 bridgehead atoms. The molecule has 1 aromatic rings. The van der Waals surface area contributed by atoms with Gasteiger partial charge in [-0.15, -0.1) is 0 Å². The Morgan fingerprint density at radius 2 is 1.72 bits per heavy atom. The van der Waals surface area contributed by atoms with Crippen molar-refractivity contribution in [1.29, 1.82) is 0 Å². The number of hydrogen-bond acceptors (Lipinski definition) is 6. The third kappa shape index (κ3) is 9.69. The van der Waals surface area contributed by atoms with E-state index in [9.17, 15) is 9.59 Å². The molecule has 1 aliphatic heterocycles. The summed E-state index contributed by atoms with van der Waals surface area (Å²) in [5.74, 6) is -2.92. The number of aliphatic carboxylic acids is 2. The number of aryl methyl sites for hydroxylation is 1. The van der Waals surface area contributed by atoms with E-state index in [1.165, 1.54) is 0 Å². The van der Waals surface area contributed by atoms with Crippen LogP contribution in [0.3, 0.4) is 0 Å². The fourth-order valence-electron chi connectivity index (χ4n) is 3.25. The zero-order chi connectivity index (χ0) is 24.1. The molecule has 0 aliphatic carbocycles. The number of nitrogens with one attached hydrogen (secondary N) is 1. The molecule has 0 saturated carbocycles. The van der Waals surface area contributed by atoms with Gasteiger partial charge in [0.1, 0.15) is 6.04 Å². The van der Waals surface area contributed by atoms with Crippen LogP contribution in [-0.2, 0) is 14.4 Å². The summed E-state index contributed by atoms with van der Waals surface area (Å²) in [6, 6.07) is 7.03. The van der Waals surface area contributed by atoms with Crippen molar-refractivity contribution in [2.75, 3.05) is 44.7 Å². The van der Waals surface area contributed by atoms with Gasteiger partial charge in [0.25, 0.3) is 5.91 Å². The van der Waals surface area contributed by atoms with E-state index in [1.807, 2.05) is 36.3 Å². The van der Waals surface area contributed by atoms with Crippen molar-refractivity contribution < 1.29 is 29.4 Å². The molecule has 0 aromatic heterocycles. The summed E-state index contributed by atoms with van der Waals surface area (Å²) in [4.78, 5) is 48.1. The van der Waals surface area contributed by atoms with E-state index in [2.05, 4.69) is 17.1 Å². The average molecular weight is 468 g/mol. The van der Waals surface area contributed by atoms with E-state index in [0.717, 1.165) is 50.5 Å². The Morgan fingerprint density at radius 1 is 1.09 bits per heavy atom. The summed E-state index contributed by atoms with van der Waals surface area (Å²) >= 11 is 1.70. The normalized spacial score (nSPS) is 14.7. The van der Waals surface area contributed by atoms with Crippen LogP contribution < -0.4 is 5.32 Å². The first-order valence-corrected chi connectivity index (χ1v) is 11.9. The molecule has 2 rings (SSSR count). The number of carboxylic acid groups (broad SMARTS) is 2. The van der Waals surface area contributed by atoms with Gasteiger partial charge in [0, 0.05) is 31.7 Å². The van der Waals surface area contributed by atoms with E-state index < -0.39 is 18.0 Å². The van der Waals surface area contributed by atoms with Gasteiger partial charge in [-0.2, -0.15) is 11.8 Å². The summed E-state index contributed by atoms with van der Waals surface area (Å²) in [5, 5.41) is 17.8. The maximum atomic E-state index is 13.0. The Balaban J connectivity index is 0.000000751. The van der Waals surface area contributed by atoms with Gasteiger partial charge in [-0.05, 0) is 50.5 Å². The second kappa shape index (κ2) is 14.5. The van der Waals surface area contributed by atoms with Gasteiger partial charge in [-0.1, -0.05) is 24.6 Å². The first-order valence-electron chi connectivity index (χ1n) is 10.5. The van der Waals surface area contributed by atoms with Crippen LogP contribution in [0, 0.1) is 6.92 Å². The van der Waals surface area contributed by atoms with Gasteiger partial charge in [-0.25, -0.2) is 9.59 Å². The maximum Gasteiger partial charge on any atom is 0.414 e. The topological polar surface area (TPSA) is 127 Å². The van der Waals surface area contributed by atoms with Gasteiger partial charge >= 0.3 is 11.9 Å². The molecule has 1 aliphatic rings. The van der Waals surface area contributed by atoms with E-state index >= 15 is 0 Å². The highest BCUT2D eigenvalue weighted by Gasteiger charge is 2.28. The molecule has 1 fully saturated rings. The van der Waals surface area contributed by atoms with E-state index in [4.69, 9.17) is 19.8 Å². The van der Waals surface area contributed by atoms with E-state index in [0.29, 0.717) is 12.0 Å². The van der Waals surface area contributed by atoms with Crippen LogP contribution in [0.25, 0.3) is 0 Å². The zero-order valence-corrected chi connectivity index (χ0v) is 19.7. The van der Waals surface area contributed by atoms with Crippen molar-refractivity contribution >= 4 is 35.5 Å². The largest absolute Gasteiger partial charge is 0.473 e. The smallest absolute Gasteiger partial charge is 0.414 e. The van der Waals surface area contributed by atoms with Gasteiger partial charge < -0.3 is 20.4 Å². The predicted octanol–water partition coefficient (Wildman–Crippen LogP) is 1.56. The quantitative estimate of drug-likeness (QED) is 0.492. The Hall–Kier alpha value is -2.59. The molecule has 1 unspecified atom stereocenters. The van der Waals surface area contributed by atoms with Gasteiger partial charge in [0.2, 0.25) is 5.91 Å². The molecule has 0 spiro atoms. The molecular formula is C22H33N3O6S. The molecule has 1 heterocycles. The fraction of sp³-hybridized carbons (Fsp3) is 0.545. The minimum atomic E-state index is -1.82. The summed E-state index contributed by atoms with van der Waals surface area (Å²) in [6.45, 7) is 8.55. The lowest BCUT2D eigenvalue weighted by Crippen LogP contribution is -2.55. The Bertz CT molecular complexity index is 769. The SMILES string of the molecule is CCCN1CCN(C(=O)C(CCSC)NC(=O)c2cccc(C)c2)CC1.O=C(O)C(=O)O. The molecule has 1 aromatic carbocycles. The van der Waals surface area contributed by atoms with Crippen LogP contribution in [0.5, 0.6) is 0 Å². The fourth-order valence-corrected chi connectivity index (χ4v) is 3.72. The van der Waals surface area contributed by atoms with Gasteiger partial charge in [-0.3, -0.25) is 14.5 Å². The zero-order valence-electron chi connectivity index (χ0n) is 18.9. The van der Waals surface area contributed by atoms with Crippen molar-refractivity contribution in [3.8, 4) is 0 Å². The molecule has 32 heavy (non-hydrogen) atoms. The minimum absolute atomic E-state index is 0.0520. The number of hydrogen-bond donors (Lipinski definition) is 3. The number of benzene rings is 1. The van der Waals surface area contributed by atoms with E-state index in [1.54, 1.807) is 17.8 Å². The first-order chi connectivity index (χ1) is 15.2. The average Bonchev–Trinajstić information content (AvgIpc) is 2.77. The van der Waals surface area contributed by atoms with Crippen molar-refractivity contribution in [3.63, 3.8) is 0 Å². The van der Waals surface area contributed by atoms with Crippen molar-refractivity contribution in [1.82, 2.24) is 15.1 Å². The van der Waals surface area contributed by atoms with Crippen LogP contribution in [-0.4, -0.2) is 94.5 Å². The Morgan fingerprint density at radius 3 is 2.22 bits per heavy atom. The Kier molecular flexibility index (Phi) is 12.4. The molecule has 0 radical (unpaired) electrons. The number of thioether (sulfide) groups is 1. The highest BCUT2D eigenvalue weighted by molar-refractivity contribution is 7.98. The molecule has 1 saturated heterocycles. The molecule has 10 heteroatoms. The minimum Gasteiger partial charge on any atom is -0.473 e. The highest BCUT2D eigenvalue weighted by atomic mass is 32.2. The number of amides is 2. The Labute approximate surface area is 193 Å². The first kappa shape index (κ1) is 27.4. The summed E-state index contributed by atoms with van der Waals surface area (Å²) in [6.07, 6.45) is 3.82. The number of carboxylic acids is 2. The maximum absolute atomic E-state index is 13.0. The van der Waals surface area contributed by atoms with Crippen LogP contribution in [0.2, 0.25) is 0 Å². The van der Waals surface area contributed by atoms with Crippen LogP contribution in [0.4, 0.5) is 0 Å². The molecule has 9 nitrogen and oxygen atoms in total. The van der Waals surface area contributed by atoms with Crippen LogP contribution in [0.15, 0.2) is 24.3 Å². The second-order valence-electron chi connectivity index (χ2n) is 7.45. The van der Waals surface area contributed by atoms with Gasteiger partial charge in [0.15, 0.2) is 0 Å². The lowest BCUT2D eigenvalue weighted by molar-refractivity contribution is -0.159. The number of rotatable bonds is 8. The third-order valence-corrected chi connectivity index (χ3v) is 5.55. The lowest BCUT2D eigenvalue weighted by atomic mass is 10.1. The number of carbonyl (C=O) groups excluding carboxylic acids is 2. The molecule has 178 valence electrons. The highest BCUT2D eigenvalue weighted by Crippen LogP contribution is 2.11. The molecule has 1 atom stereocenters. The summed E-state index contributed by atoms with van der Waals surface area (Å²) < 4.78 is 0. The van der Waals surface area contributed by atoms with E-state index in [-0.39, 0.29) is 11.8 Å². The second-order valence-corrected chi connectivity index (χ2v) is 8.44. The third-order valence-electron chi connectivity index (χ3n) is 4.90. The number of piperazine rings is 1. The van der Waals surface area contributed by atoms with Crippen molar-refractivity contribution in [3.05, 3.63) is 35.4 Å². The molecular weight excluding hydrogens is 434 g/mol. The predicted molar refractivity (Wildman–Crippen MR) is 124 cm³/mol. The van der Waals surface area contributed by atoms with Crippen LogP contribution >= 0.6 is 11.8 Å². The van der Waals surface area contributed by atoms with Gasteiger partial charge in [0.05, 0.1) is 0 Å².